The molecule has 1 atom stereocenters. The third kappa shape index (κ3) is 5.19. The molecule has 0 aliphatic carbocycles. The smallest absolute Gasteiger partial charge is 0.368 e. The zero-order valence-corrected chi connectivity index (χ0v) is 17.4. The molecule has 0 radical (unpaired) electrons. The molecule has 2 aromatic heterocycles. The van der Waals surface area contributed by atoms with Crippen molar-refractivity contribution in [3.05, 3.63) is 71.9 Å². The summed E-state index contributed by atoms with van der Waals surface area (Å²) in [5.41, 5.74) is -0.707. The van der Waals surface area contributed by atoms with Crippen molar-refractivity contribution < 1.29 is 22.4 Å². The van der Waals surface area contributed by atoms with Gasteiger partial charge in [0.05, 0.1) is 16.7 Å². The maximum atomic E-state index is 14.6. The highest BCUT2D eigenvalue weighted by atomic mass is 19.4. The lowest BCUT2D eigenvalue weighted by Gasteiger charge is -2.29. The Kier molecular flexibility index (Phi) is 7.01. The van der Waals surface area contributed by atoms with E-state index in [0.717, 1.165) is 12.3 Å². The van der Waals surface area contributed by atoms with Crippen molar-refractivity contribution in [3.63, 3.8) is 0 Å². The third-order valence-electron chi connectivity index (χ3n) is 4.84. The quantitative estimate of drug-likeness (QED) is 0.534. The molecule has 1 amide bonds. The lowest BCUT2D eigenvalue weighted by Crippen LogP contribution is -2.42. The Hall–Kier alpha value is -3.56. The van der Waals surface area contributed by atoms with Crippen LogP contribution < -0.4 is 5.32 Å². The zero-order chi connectivity index (χ0) is 23.3. The minimum atomic E-state index is -4.46. The van der Waals surface area contributed by atoms with E-state index in [2.05, 4.69) is 20.3 Å². The molecule has 1 aromatic carbocycles. The number of nitrogens with zero attached hydrogens (tertiary/aromatic N) is 4. The van der Waals surface area contributed by atoms with E-state index >= 15 is 0 Å². The van der Waals surface area contributed by atoms with E-state index in [1.165, 1.54) is 41.6 Å². The largest absolute Gasteiger partial charge is 0.417 e. The first-order valence-electron chi connectivity index (χ1n) is 9.86. The number of halogens is 4. The minimum Gasteiger partial charge on any atom is -0.368 e. The second kappa shape index (κ2) is 9.71. The van der Waals surface area contributed by atoms with Crippen molar-refractivity contribution in [2.45, 2.75) is 26.1 Å². The third-order valence-corrected chi connectivity index (χ3v) is 4.84. The van der Waals surface area contributed by atoms with E-state index in [4.69, 9.17) is 0 Å². The molecule has 0 saturated heterocycles. The number of benzene rings is 1. The SMILES string of the molecule is CCN(C(=O)c1cccc(F)c1-c1ncccn1)[C@@H](C)CNc1ccc(C(F)(F)F)cn1. The van der Waals surface area contributed by atoms with Crippen LogP contribution in [0.5, 0.6) is 0 Å². The molecule has 0 aliphatic rings. The maximum Gasteiger partial charge on any atom is 0.417 e. The highest BCUT2D eigenvalue weighted by molar-refractivity contribution is 6.00. The number of nitrogens with one attached hydrogen (secondary N) is 1. The summed E-state index contributed by atoms with van der Waals surface area (Å²) in [7, 11) is 0. The van der Waals surface area contributed by atoms with Gasteiger partial charge >= 0.3 is 6.18 Å². The van der Waals surface area contributed by atoms with Crippen LogP contribution in [0.25, 0.3) is 11.4 Å². The predicted octanol–water partition coefficient (Wildman–Crippen LogP) is 4.66. The van der Waals surface area contributed by atoms with Crippen LogP contribution in [0.2, 0.25) is 0 Å². The Balaban J connectivity index is 1.77. The summed E-state index contributed by atoms with van der Waals surface area (Å²) < 4.78 is 52.6. The fourth-order valence-corrected chi connectivity index (χ4v) is 3.20. The topological polar surface area (TPSA) is 71.0 Å². The van der Waals surface area contributed by atoms with Crippen LogP contribution in [0.4, 0.5) is 23.4 Å². The van der Waals surface area contributed by atoms with E-state index in [0.29, 0.717) is 6.54 Å². The van der Waals surface area contributed by atoms with Gasteiger partial charge in [0.1, 0.15) is 11.6 Å². The van der Waals surface area contributed by atoms with Crippen molar-refractivity contribution >= 4 is 11.7 Å². The molecule has 0 fully saturated rings. The summed E-state index contributed by atoms with van der Waals surface area (Å²) in [5, 5.41) is 2.93. The van der Waals surface area contributed by atoms with Gasteiger partial charge in [0, 0.05) is 37.7 Å². The standard InChI is InChI=1S/C22H21F4N5O/c1-3-31(14(2)12-29-18-9-8-15(13-30-18)22(24,25)26)21(32)16-6-4-7-17(23)19(16)20-27-10-5-11-28-20/h4-11,13-14H,3,12H2,1-2H3,(H,29,30)/t14-/m0/s1. The van der Waals surface area contributed by atoms with Crippen molar-refractivity contribution in [2.75, 3.05) is 18.4 Å². The summed E-state index contributed by atoms with van der Waals surface area (Å²) in [6.07, 6.45) is -0.793. The van der Waals surface area contributed by atoms with E-state index < -0.39 is 23.5 Å². The first kappa shape index (κ1) is 23.1. The fraction of sp³-hybridized carbons (Fsp3) is 0.273. The number of carbonyl (C=O) groups is 1. The number of likely N-dealkylation sites (N-methyl/N-ethyl adjacent to an activating group) is 1. The van der Waals surface area contributed by atoms with Crippen molar-refractivity contribution in [1.29, 1.82) is 0 Å². The number of rotatable bonds is 7. The van der Waals surface area contributed by atoms with Crippen LogP contribution >= 0.6 is 0 Å². The van der Waals surface area contributed by atoms with Crippen LogP contribution in [0, 0.1) is 5.82 Å². The number of aromatic nitrogens is 3. The summed E-state index contributed by atoms with van der Waals surface area (Å²) in [5.74, 6) is -0.677. The highest BCUT2D eigenvalue weighted by Crippen LogP contribution is 2.29. The van der Waals surface area contributed by atoms with Gasteiger partial charge in [-0.3, -0.25) is 4.79 Å². The summed E-state index contributed by atoms with van der Waals surface area (Å²) in [6, 6.07) is 7.57. The monoisotopic (exact) mass is 447 g/mol. The van der Waals surface area contributed by atoms with Gasteiger partial charge in [0.15, 0.2) is 5.82 Å². The molecule has 3 aromatic rings. The second-order valence-corrected chi connectivity index (χ2v) is 6.99. The molecule has 0 saturated carbocycles. The van der Waals surface area contributed by atoms with E-state index in [-0.39, 0.29) is 35.4 Å². The van der Waals surface area contributed by atoms with Crippen LogP contribution in [0.15, 0.2) is 55.0 Å². The number of alkyl halides is 3. The van der Waals surface area contributed by atoms with Gasteiger partial charge in [-0.05, 0) is 44.2 Å². The van der Waals surface area contributed by atoms with Gasteiger partial charge in [-0.1, -0.05) is 6.07 Å². The molecule has 0 unspecified atom stereocenters. The average Bonchev–Trinajstić information content (AvgIpc) is 2.78. The zero-order valence-electron chi connectivity index (χ0n) is 17.4. The number of hydrogen-bond donors (Lipinski definition) is 1. The second-order valence-electron chi connectivity index (χ2n) is 6.99. The normalized spacial score (nSPS) is 12.3. The lowest BCUT2D eigenvalue weighted by molar-refractivity contribution is -0.137. The molecule has 3 rings (SSSR count). The highest BCUT2D eigenvalue weighted by Gasteiger charge is 2.30. The molecule has 2 heterocycles. The number of hydrogen-bond acceptors (Lipinski definition) is 5. The predicted molar refractivity (Wildman–Crippen MR) is 111 cm³/mol. The van der Waals surface area contributed by atoms with Crippen molar-refractivity contribution in [1.82, 2.24) is 19.9 Å². The molecule has 1 N–H and O–H groups in total. The molecule has 0 spiro atoms. The summed E-state index contributed by atoms with van der Waals surface area (Å²) in [4.78, 5) is 26.7. The van der Waals surface area contributed by atoms with Gasteiger partial charge < -0.3 is 10.2 Å². The van der Waals surface area contributed by atoms with Crippen LogP contribution in [-0.2, 0) is 6.18 Å². The van der Waals surface area contributed by atoms with Gasteiger partial charge in [-0.15, -0.1) is 0 Å². The van der Waals surface area contributed by atoms with Crippen molar-refractivity contribution in [2.24, 2.45) is 0 Å². The molecule has 0 aliphatic heterocycles. The van der Waals surface area contributed by atoms with E-state index in [9.17, 15) is 22.4 Å². The molecule has 6 nitrogen and oxygen atoms in total. The first-order valence-corrected chi connectivity index (χ1v) is 9.86. The van der Waals surface area contributed by atoms with Gasteiger partial charge in [-0.25, -0.2) is 19.3 Å². The number of anilines is 1. The number of carbonyl (C=O) groups excluding carboxylic acids is 1. The van der Waals surface area contributed by atoms with Crippen molar-refractivity contribution in [3.8, 4) is 11.4 Å². The van der Waals surface area contributed by atoms with Crippen LogP contribution in [0.1, 0.15) is 29.8 Å². The van der Waals surface area contributed by atoms with E-state index in [1.54, 1.807) is 19.9 Å². The van der Waals surface area contributed by atoms with E-state index in [1.807, 2.05) is 0 Å². The lowest BCUT2D eigenvalue weighted by atomic mass is 10.0. The Bertz CT molecular complexity index is 1060. The maximum absolute atomic E-state index is 14.6. The fourth-order valence-electron chi connectivity index (χ4n) is 3.20. The Morgan fingerprint density at radius 2 is 1.81 bits per heavy atom. The Labute approximate surface area is 182 Å². The number of pyridine rings is 1. The Morgan fingerprint density at radius 3 is 2.41 bits per heavy atom. The van der Waals surface area contributed by atoms with Gasteiger partial charge in [0.25, 0.3) is 5.91 Å². The molecule has 10 heteroatoms. The Morgan fingerprint density at radius 1 is 1.09 bits per heavy atom. The summed E-state index contributed by atoms with van der Waals surface area (Å²) >= 11 is 0. The molecule has 32 heavy (non-hydrogen) atoms. The van der Waals surface area contributed by atoms with Gasteiger partial charge in [-0.2, -0.15) is 13.2 Å². The molecular weight excluding hydrogens is 426 g/mol. The average molecular weight is 447 g/mol. The van der Waals surface area contributed by atoms with Crippen LogP contribution in [-0.4, -0.2) is 44.9 Å². The van der Waals surface area contributed by atoms with Crippen LogP contribution in [0.3, 0.4) is 0 Å². The number of amides is 1. The summed E-state index contributed by atoms with van der Waals surface area (Å²) in [6.45, 7) is 4.11. The first-order chi connectivity index (χ1) is 15.2. The minimum absolute atomic E-state index is 0.0149. The molecular formula is C22H21F4N5O. The van der Waals surface area contributed by atoms with Gasteiger partial charge in [0.2, 0.25) is 0 Å². The molecule has 168 valence electrons. The molecule has 0 bridgehead atoms.